The summed E-state index contributed by atoms with van der Waals surface area (Å²) >= 11 is 0. The van der Waals surface area contributed by atoms with Crippen LogP contribution in [0.5, 0.6) is 0 Å². The van der Waals surface area contributed by atoms with Crippen molar-refractivity contribution in [3.05, 3.63) is 11.3 Å². The zero-order chi connectivity index (χ0) is 9.02. The topological polar surface area (TPSA) is 73.7 Å². The van der Waals surface area contributed by atoms with Crippen molar-refractivity contribution in [1.29, 1.82) is 10.7 Å². The second kappa shape index (κ2) is 3.77. The minimum atomic E-state index is 0.0585. The van der Waals surface area contributed by atoms with E-state index in [9.17, 15) is 0 Å². The molecule has 11 heavy (non-hydrogen) atoms. The van der Waals surface area contributed by atoms with Crippen molar-refractivity contribution in [1.82, 2.24) is 0 Å². The van der Waals surface area contributed by atoms with Crippen LogP contribution in [0.15, 0.2) is 11.3 Å². The molecule has 0 aromatic carbocycles. The number of hydrogen-bond acceptors (Lipinski definition) is 3. The largest absolute Gasteiger partial charge is 0.401 e. The van der Waals surface area contributed by atoms with Crippen LogP contribution in [-0.4, -0.2) is 5.71 Å². The van der Waals surface area contributed by atoms with Crippen LogP contribution < -0.4 is 5.73 Å². The number of nitrogens with one attached hydrogen (secondary N) is 1. The second-order valence-electron chi connectivity index (χ2n) is 2.74. The summed E-state index contributed by atoms with van der Waals surface area (Å²) in [7, 11) is 0. The minimum absolute atomic E-state index is 0.0585. The van der Waals surface area contributed by atoms with Gasteiger partial charge in [0.15, 0.2) is 0 Å². The van der Waals surface area contributed by atoms with Gasteiger partial charge in [-0.15, -0.1) is 0 Å². The third-order valence-electron chi connectivity index (χ3n) is 1.35. The molecule has 0 spiro atoms. The number of nitriles is 1. The van der Waals surface area contributed by atoms with Gasteiger partial charge in [0.2, 0.25) is 0 Å². The maximum atomic E-state index is 8.59. The van der Waals surface area contributed by atoms with Crippen LogP contribution in [0.2, 0.25) is 0 Å². The summed E-state index contributed by atoms with van der Waals surface area (Å²) < 4.78 is 0. The molecule has 0 fully saturated rings. The number of nitrogens with zero attached hydrogens (tertiary/aromatic N) is 1. The summed E-state index contributed by atoms with van der Waals surface area (Å²) in [5.74, 6) is 0.0585. The standard InChI is InChI=1S/C8H13N3/c1-5(2)8(11)7(4-9)6(3)10/h5,11H,10H2,1-3H3/b7-6-,11-8?. The fourth-order valence-corrected chi connectivity index (χ4v) is 0.649. The van der Waals surface area contributed by atoms with Crippen LogP contribution in [0.25, 0.3) is 0 Å². The van der Waals surface area contributed by atoms with Crippen molar-refractivity contribution >= 4 is 5.71 Å². The Hall–Kier alpha value is -1.30. The highest BCUT2D eigenvalue weighted by Crippen LogP contribution is 2.07. The lowest BCUT2D eigenvalue weighted by Gasteiger charge is -2.06. The molecule has 0 heterocycles. The Balaban J connectivity index is 4.73. The van der Waals surface area contributed by atoms with Gasteiger partial charge in [-0.1, -0.05) is 13.8 Å². The zero-order valence-corrected chi connectivity index (χ0v) is 7.10. The molecule has 0 aliphatic carbocycles. The van der Waals surface area contributed by atoms with Crippen molar-refractivity contribution in [3.63, 3.8) is 0 Å². The van der Waals surface area contributed by atoms with E-state index in [1.54, 1.807) is 6.92 Å². The molecule has 0 saturated carbocycles. The van der Waals surface area contributed by atoms with Gasteiger partial charge in [0.05, 0.1) is 11.3 Å². The quantitative estimate of drug-likeness (QED) is 0.462. The van der Waals surface area contributed by atoms with E-state index < -0.39 is 0 Å². The van der Waals surface area contributed by atoms with Crippen LogP contribution in [-0.2, 0) is 0 Å². The molecule has 0 unspecified atom stereocenters. The Morgan fingerprint density at radius 3 is 2.09 bits per heavy atom. The summed E-state index contributed by atoms with van der Waals surface area (Å²) in [6.07, 6.45) is 0. The van der Waals surface area contributed by atoms with Gasteiger partial charge >= 0.3 is 0 Å². The van der Waals surface area contributed by atoms with Crippen molar-refractivity contribution in [2.75, 3.05) is 0 Å². The lowest BCUT2D eigenvalue weighted by atomic mass is 10.00. The number of nitrogens with two attached hydrogens (primary N) is 1. The molecule has 0 radical (unpaired) electrons. The predicted molar refractivity (Wildman–Crippen MR) is 45.1 cm³/mol. The van der Waals surface area contributed by atoms with E-state index in [2.05, 4.69) is 0 Å². The van der Waals surface area contributed by atoms with Crippen LogP contribution in [0.4, 0.5) is 0 Å². The Bertz CT molecular complexity index is 226. The van der Waals surface area contributed by atoms with Gasteiger partial charge in [0, 0.05) is 5.70 Å². The summed E-state index contributed by atoms with van der Waals surface area (Å²) in [4.78, 5) is 0. The van der Waals surface area contributed by atoms with E-state index in [4.69, 9.17) is 16.4 Å². The van der Waals surface area contributed by atoms with Crippen LogP contribution >= 0.6 is 0 Å². The molecule has 60 valence electrons. The molecule has 3 heteroatoms. The zero-order valence-electron chi connectivity index (χ0n) is 7.10. The maximum Gasteiger partial charge on any atom is 0.103 e. The lowest BCUT2D eigenvalue weighted by Crippen LogP contribution is -2.12. The SMILES string of the molecule is C/C(N)=C(\C#N)C(=N)C(C)C. The van der Waals surface area contributed by atoms with Crippen LogP contribution in [0.1, 0.15) is 20.8 Å². The fraction of sp³-hybridized carbons (Fsp3) is 0.500. The summed E-state index contributed by atoms with van der Waals surface area (Å²) in [6.45, 7) is 5.36. The monoisotopic (exact) mass is 151 g/mol. The Labute approximate surface area is 67.0 Å². The second-order valence-corrected chi connectivity index (χ2v) is 2.74. The average molecular weight is 151 g/mol. The third-order valence-corrected chi connectivity index (χ3v) is 1.35. The Morgan fingerprint density at radius 1 is 1.55 bits per heavy atom. The molecule has 0 saturated heterocycles. The number of hydrogen-bond donors (Lipinski definition) is 2. The minimum Gasteiger partial charge on any atom is -0.401 e. The molecule has 0 rings (SSSR count). The highest BCUT2D eigenvalue weighted by atomic mass is 14.6. The lowest BCUT2D eigenvalue weighted by molar-refractivity contribution is 0.876. The molecular weight excluding hydrogens is 138 g/mol. The van der Waals surface area contributed by atoms with Crippen LogP contribution in [0.3, 0.4) is 0 Å². The summed E-state index contributed by atoms with van der Waals surface area (Å²) in [5, 5.41) is 16.1. The van der Waals surface area contributed by atoms with Gasteiger partial charge in [0.1, 0.15) is 6.07 Å². The molecule has 3 nitrogen and oxygen atoms in total. The highest BCUT2D eigenvalue weighted by Gasteiger charge is 2.09. The Morgan fingerprint density at radius 2 is 2.00 bits per heavy atom. The van der Waals surface area contributed by atoms with Gasteiger partial charge in [0.25, 0.3) is 0 Å². The first-order chi connectivity index (χ1) is 5.00. The van der Waals surface area contributed by atoms with Crippen molar-refractivity contribution in [3.8, 4) is 6.07 Å². The van der Waals surface area contributed by atoms with E-state index in [0.717, 1.165) is 0 Å². The molecule has 0 aliphatic rings. The van der Waals surface area contributed by atoms with Crippen molar-refractivity contribution in [2.24, 2.45) is 11.7 Å². The van der Waals surface area contributed by atoms with Crippen LogP contribution in [0, 0.1) is 22.7 Å². The average Bonchev–Trinajstić information content (AvgIpc) is 1.88. The first kappa shape index (κ1) is 9.70. The molecular formula is C8H13N3. The summed E-state index contributed by atoms with van der Waals surface area (Å²) in [6, 6.07) is 1.91. The maximum absolute atomic E-state index is 8.59. The summed E-state index contributed by atoms with van der Waals surface area (Å²) in [5.41, 5.74) is 6.44. The van der Waals surface area contributed by atoms with Gasteiger partial charge in [-0.05, 0) is 12.8 Å². The molecule has 0 atom stereocenters. The first-order valence-corrected chi connectivity index (χ1v) is 3.46. The smallest absolute Gasteiger partial charge is 0.103 e. The van der Waals surface area contributed by atoms with Crippen molar-refractivity contribution < 1.29 is 0 Å². The van der Waals surface area contributed by atoms with Crippen molar-refractivity contribution in [2.45, 2.75) is 20.8 Å². The van der Waals surface area contributed by atoms with E-state index in [-0.39, 0.29) is 5.92 Å². The molecule has 3 N–H and O–H groups in total. The molecule has 0 aliphatic heterocycles. The number of allylic oxidation sites excluding steroid dienone is 2. The first-order valence-electron chi connectivity index (χ1n) is 3.46. The van der Waals surface area contributed by atoms with E-state index in [0.29, 0.717) is 17.0 Å². The normalized spacial score (nSPS) is 12.3. The van der Waals surface area contributed by atoms with E-state index >= 15 is 0 Å². The molecule has 0 amide bonds. The fourth-order valence-electron chi connectivity index (χ4n) is 0.649. The number of rotatable bonds is 2. The van der Waals surface area contributed by atoms with Gasteiger partial charge in [-0.2, -0.15) is 5.26 Å². The van der Waals surface area contributed by atoms with Gasteiger partial charge < -0.3 is 11.1 Å². The third kappa shape index (κ3) is 2.42. The molecule has 0 aromatic heterocycles. The highest BCUT2D eigenvalue weighted by molar-refractivity contribution is 6.02. The van der Waals surface area contributed by atoms with E-state index in [1.807, 2.05) is 19.9 Å². The van der Waals surface area contributed by atoms with Gasteiger partial charge in [-0.25, -0.2) is 0 Å². The Kier molecular flexibility index (Phi) is 3.32. The molecule has 0 bridgehead atoms. The molecule has 0 aromatic rings. The van der Waals surface area contributed by atoms with E-state index in [1.165, 1.54) is 0 Å². The van der Waals surface area contributed by atoms with Gasteiger partial charge in [-0.3, -0.25) is 0 Å². The predicted octanol–water partition coefficient (Wildman–Crippen LogP) is 1.42.